The van der Waals surface area contributed by atoms with Crippen molar-refractivity contribution in [3.63, 3.8) is 0 Å². The summed E-state index contributed by atoms with van der Waals surface area (Å²) in [7, 11) is 0. The van der Waals surface area contributed by atoms with Crippen molar-refractivity contribution in [1.82, 2.24) is 25.0 Å². The molecule has 3 N–H and O–H groups in total. The molecule has 0 bridgehead atoms. The molecule has 35 heavy (non-hydrogen) atoms. The van der Waals surface area contributed by atoms with E-state index in [0.29, 0.717) is 6.61 Å². The molecule has 8 nitrogen and oxygen atoms in total. The Kier molecular flexibility index (Phi) is 8.28. The zero-order valence-electron chi connectivity index (χ0n) is 20.7. The first-order chi connectivity index (χ1) is 16.9. The summed E-state index contributed by atoms with van der Waals surface area (Å²) in [5, 5.41) is 12.0. The average Bonchev–Trinajstić information content (AvgIpc) is 3.27. The van der Waals surface area contributed by atoms with E-state index in [9.17, 15) is 4.79 Å². The summed E-state index contributed by atoms with van der Waals surface area (Å²) in [5.74, 6) is 1.39. The highest BCUT2D eigenvalue weighted by Crippen LogP contribution is 2.20. The summed E-state index contributed by atoms with van der Waals surface area (Å²) in [5.41, 5.74) is 7.48. The van der Waals surface area contributed by atoms with E-state index in [0.717, 1.165) is 56.2 Å². The van der Waals surface area contributed by atoms with Gasteiger partial charge in [0.05, 0.1) is 25.3 Å². The maximum absolute atomic E-state index is 12.7. The lowest BCUT2D eigenvalue weighted by Gasteiger charge is -2.29. The molecule has 0 aliphatic carbocycles. The van der Waals surface area contributed by atoms with Crippen LogP contribution < -0.4 is 11.1 Å². The standard InChI is InChI=1S/C27H36N6O2/c1-27(2,28)26(34)29-23(20-35-19-22-12-7-4-8-13-22)25-31-30-24-18-32(16-17-33(24)25)15-9-14-21-10-5-3-6-11-21/h3-8,10-13,23H,9,14-20,28H2,1-2H3,(H,29,34)/t23-/m1/s1. The van der Waals surface area contributed by atoms with Crippen LogP contribution in [0.4, 0.5) is 0 Å². The van der Waals surface area contributed by atoms with Crippen molar-refractivity contribution in [2.24, 2.45) is 5.73 Å². The molecule has 1 amide bonds. The predicted octanol–water partition coefficient (Wildman–Crippen LogP) is 2.84. The van der Waals surface area contributed by atoms with E-state index in [4.69, 9.17) is 10.5 Å². The Labute approximate surface area is 207 Å². The lowest BCUT2D eigenvalue weighted by molar-refractivity contribution is -0.126. The number of aryl methyl sites for hydroxylation is 1. The summed E-state index contributed by atoms with van der Waals surface area (Å²) in [6.45, 7) is 7.58. The number of amides is 1. The Morgan fingerprint density at radius 1 is 1.06 bits per heavy atom. The molecule has 0 radical (unpaired) electrons. The third-order valence-electron chi connectivity index (χ3n) is 6.24. The Balaban J connectivity index is 1.39. The van der Waals surface area contributed by atoms with Crippen LogP contribution in [0, 0.1) is 0 Å². The van der Waals surface area contributed by atoms with Crippen LogP contribution in [0.3, 0.4) is 0 Å². The predicted molar refractivity (Wildman–Crippen MR) is 135 cm³/mol. The maximum Gasteiger partial charge on any atom is 0.240 e. The normalized spacial score (nSPS) is 14.9. The lowest BCUT2D eigenvalue weighted by Crippen LogP contribution is -2.51. The van der Waals surface area contributed by atoms with Crippen molar-refractivity contribution in [3.8, 4) is 0 Å². The number of fused-ring (bicyclic) bond motifs is 1. The molecule has 8 heteroatoms. The van der Waals surface area contributed by atoms with Gasteiger partial charge in [0.25, 0.3) is 0 Å². The van der Waals surface area contributed by atoms with Crippen molar-refractivity contribution >= 4 is 5.91 Å². The number of carbonyl (C=O) groups is 1. The van der Waals surface area contributed by atoms with E-state index in [1.54, 1.807) is 13.8 Å². The van der Waals surface area contributed by atoms with Crippen LogP contribution in [0.5, 0.6) is 0 Å². The molecule has 0 saturated carbocycles. The quantitative estimate of drug-likeness (QED) is 0.442. The van der Waals surface area contributed by atoms with Gasteiger partial charge in [-0.2, -0.15) is 0 Å². The van der Waals surface area contributed by atoms with Gasteiger partial charge in [0.1, 0.15) is 11.9 Å². The number of rotatable bonds is 11. The number of carbonyl (C=O) groups excluding carboxylic acids is 1. The molecule has 1 atom stereocenters. The summed E-state index contributed by atoms with van der Waals surface area (Å²) in [6.07, 6.45) is 2.17. The minimum atomic E-state index is -1.00. The monoisotopic (exact) mass is 476 g/mol. The molecule has 1 aromatic heterocycles. The maximum atomic E-state index is 12.7. The van der Waals surface area contributed by atoms with E-state index in [1.807, 2.05) is 30.3 Å². The molecule has 4 rings (SSSR count). The van der Waals surface area contributed by atoms with Crippen molar-refractivity contribution in [2.75, 3.05) is 19.7 Å². The van der Waals surface area contributed by atoms with E-state index < -0.39 is 11.6 Å². The van der Waals surface area contributed by atoms with Gasteiger partial charge in [-0.3, -0.25) is 9.69 Å². The highest BCUT2D eigenvalue weighted by Gasteiger charge is 2.30. The van der Waals surface area contributed by atoms with Crippen LogP contribution in [0.2, 0.25) is 0 Å². The minimum Gasteiger partial charge on any atom is -0.374 e. The summed E-state index contributed by atoms with van der Waals surface area (Å²) in [4.78, 5) is 15.1. The first kappa shape index (κ1) is 25.0. The van der Waals surface area contributed by atoms with Gasteiger partial charge in [0.15, 0.2) is 5.82 Å². The second-order valence-electron chi connectivity index (χ2n) is 9.74. The Morgan fingerprint density at radius 2 is 1.74 bits per heavy atom. The topological polar surface area (TPSA) is 98.3 Å². The van der Waals surface area contributed by atoms with Crippen LogP contribution in [0.25, 0.3) is 0 Å². The molecule has 2 aromatic carbocycles. The number of ether oxygens (including phenoxy) is 1. The van der Waals surface area contributed by atoms with E-state index >= 15 is 0 Å². The molecule has 0 saturated heterocycles. The minimum absolute atomic E-state index is 0.249. The zero-order valence-corrected chi connectivity index (χ0v) is 20.7. The van der Waals surface area contributed by atoms with Crippen LogP contribution in [-0.2, 0) is 35.6 Å². The first-order valence-corrected chi connectivity index (χ1v) is 12.3. The van der Waals surface area contributed by atoms with Gasteiger partial charge < -0.3 is 20.4 Å². The van der Waals surface area contributed by atoms with Crippen molar-refractivity contribution < 1.29 is 9.53 Å². The fourth-order valence-electron chi connectivity index (χ4n) is 4.22. The fraction of sp³-hybridized carbons (Fsp3) is 0.444. The molecule has 2 heterocycles. The number of hydrogen-bond donors (Lipinski definition) is 2. The summed E-state index contributed by atoms with van der Waals surface area (Å²) >= 11 is 0. The van der Waals surface area contributed by atoms with Crippen molar-refractivity contribution in [3.05, 3.63) is 83.4 Å². The third-order valence-corrected chi connectivity index (χ3v) is 6.24. The number of nitrogens with two attached hydrogens (primary N) is 1. The lowest BCUT2D eigenvalue weighted by atomic mass is 10.1. The van der Waals surface area contributed by atoms with E-state index in [2.05, 4.69) is 55.3 Å². The Morgan fingerprint density at radius 3 is 2.43 bits per heavy atom. The molecule has 0 spiro atoms. The van der Waals surface area contributed by atoms with Crippen LogP contribution in [-0.4, -0.2) is 50.8 Å². The largest absolute Gasteiger partial charge is 0.374 e. The molecule has 186 valence electrons. The van der Waals surface area contributed by atoms with Crippen LogP contribution >= 0.6 is 0 Å². The highest BCUT2D eigenvalue weighted by atomic mass is 16.5. The van der Waals surface area contributed by atoms with Gasteiger partial charge in [-0.05, 0) is 44.4 Å². The van der Waals surface area contributed by atoms with E-state index in [-0.39, 0.29) is 12.5 Å². The van der Waals surface area contributed by atoms with E-state index in [1.165, 1.54) is 5.56 Å². The number of hydrogen-bond acceptors (Lipinski definition) is 6. The van der Waals surface area contributed by atoms with Crippen LogP contribution in [0.15, 0.2) is 60.7 Å². The smallest absolute Gasteiger partial charge is 0.240 e. The molecule has 3 aromatic rings. The van der Waals surface area contributed by atoms with Gasteiger partial charge in [-0.1, -0.05) is 60.7 Å². The number of nitrogens with zero attached hydrogens (tertiary/aromatic N) is 4. The third kappa shape index (κ3) is 6.97. The number of aromatic nitrogens is 3. The van der Waals surface area contributed by atoms with Gasteiger partial charge in [-0.15, -0.1) is 10.2 Å². The Bertz CT molecular complexity index is 1080. The second-order valence-corrected chi connectivity index (χ2v) is 9.74. The van der Waals surface area contributed by atoms with Gasteiger partial charge >= 0.3 is 0 Å². The summed E-state index contributed by atoms with van der Waals surface area (Å²) in [6, 6.07) is 20.1. The number of benzene rings is 2. The summed E-state index contributed by atoms with van der Waals surface area (Å²) < 4.78 is 8.10. The molecule has 1 aliphatic heterocycles. The molecular weight excluding hydrogens is 440 g/mol. The van der Waals surface area contributed by atoms with Gasteiger partial charge in [0.2, 0.25) is 5.91 Å². The molecule has 0 fully saturated rings. The van der Waals surface area contributed by atoms with Gasteiger partial charge in [-0.25, -0.2) is 0 Å². The molecular formula is C27H36N6O2. The second kappa shape index (κ2) is 11.6. The fourth-order valence-corrected chi connectivity index (χ4v) is 4.22. The van der Waals surface area contributed by atoms with Gasteiger partial charge in [0, 0.05) is 13.1 Å². The zero-order chi connectivity index (χ0) is 24.7. The van der Waals surface area contributed by atoms with Crippen LogP contribution in [0.1, 0.15) is 49.1 Å². The van der Waals surface area contributed by atoms with Crippen molar-refractivity contribution in [2.45, 2.75) is 58.0 Å². The van der Waals surface area contributed by atoms with Crippen molar-refractivity contribution in [1.29, 1.82) is 0 Å². The molecule has 1 aliphatic rings. The first-order valence-electron chi connectivity index (χ1n) is 12.3. The molecule has 0 unspecified atom stereocenters. The Hall–Kier alpha value is -3.07. The average molecular weight is 477 g/mol. The SMILES string of the molecule is CC(C)(N)C(=O)N[C@H](COCc1ccccc1)c1nnc2n1CCN(CCCc1ccccc1)C2. The highest BCUT2D eigenvalue weighted by molar-refractivity contribution is 5.85. The number of nitrogens with one attached hydrogen (secondary N) is 1.